The van der Waals surface area contributed by atoms with E-state index < -0.39 is 6.04 Å². The molecule has 13 heavy (non-hydrogen) atoms. The molecule has 0 rings (SSSR count). The van der Waals surface area contributed by atoms with E-state index in [1.165, 1.54) is 0 Å². The summed E-state index contributed by atoms with van der Waals surface area (Å²) < 4.78 is 0. The summed E-state index contributed by atoms with van der Waals surface area (Å²) in [7, 11) is 0. The van der Waals surface area contributed by atoms with Gasteiger partial charge in [-0.25, -0.2) is 0 Å². The van der Waals surface area contributed by atoms with Crippen LogP contribution in [0.1, 0.15) is 19.3 Å². The highest BCUT2D eigenvalue weighted by Gasteiger charge is 2.11. The first-order valence-electron chi connectivity index (χ1n) is 4.56. The summed E-state index contributed by atoms with van der Waals surface area (Å²) in [6.45, 7) is 1.23. The lowest BCUT2D eigenvalue weighted by Crippen LogP contribution is -2.41. The molecule has 5 N–H and O–H groups in total. The summed E-state index contributed by atoms with van der Waals surface area (Å²) in [6.07, 6.45) is 2.54. The molecule has 1 unspecified atom stereocenters. The van der Waals surface area contributed by atoms with E-state index in [0.29, 0.717) is 25.3 Å². The Hall–Kier alpha value is -0.260. The Morgan fingerprint density at radius 3 is 2.69 bits per heavy atom. The average molecular weight is 205 g/mol. The van der Waals surface area contributed by atoms with Crippen LogP contribution in [0.15, 0.2) is 0 Å². The van der Waals surface area contributed by atoms with Crippen molar-refractivity contribution in [3.63, 3.8) is 0 Å². The molecule has 0 aromatic rings. The third kappa shape index (κ3) is 6.86. The van der Waals surface area contributed by atoms with E-state index in [9.17, 15) is 4.79 Å². The highest BCUT2D eigenvalue weighted by Crippen LogP contribution is 1.97. The third-order valence-corrected chi connectivity index (χ3v) is 1.94. The number of carbonyl (C=O) groups is 1. The quantitative estimate of drug-likeness (QED) is 0.334. The van der Waals surface area contributed by atoms with Crippen LogP contribution >= 0.6 is 12.6 Å². The average Bonchev–Trinajstić information content (AvgIpc) is 2.14. The largest absolute Gasteiger partial charge is 0.354 e. The molecule has 0 aliphatic rings. The Balaban J connectivity index is 3.45. The van der Waals surface area contributed by atoms with Gasteiger partial charge >= 0.3 is 0 Å². The van der Waals surface area contributed by atoms with Crippen molar-refractivity contribution in [2.45, 2.75) is 25.3 Å². The SMILES string of the molecule is NCCCCC(N)C(=O)NCCS. The van der Waals surface area contributed by atoms with Gasteiger partial charge in [0.1, 0.15) is 0 Å². The number of hydrogen-bond donors (Lipinski definition) is 4. The van der Waals surface area contributed by atoms with Gasteiger partial charge in [0.15, 0.2) is 0 Å². The second kappa shape index (κ2) is 8.34. The van der Waals surface area contributed by atoms with Crippen LogP contribution in [0.5, 0.6) is 0 Å². The van der Waals surface area contributed by atoms with Crippen molar-refractivity contribution in [2.75, 3.05) is 18.8 Å². The molecule has 5 heteroatoms. The zero-order chi connectivity index (χ0) is 10.1. The first-order chi connectivity index (χ1) is 6.22. The van der Waals surface area contributed by atoms with E-state index in [-0.39, 0.29) is 5.91 Å². The van der Waals surface area contributed by atoms with Gasteiger partial charge in [0, 0.05) is 12.3 Å². The number of carbonyl (C=O) groups excluding carboxylic acids is 1. The molecule has 0 heterocycles. The normalized spacial score (nSPS) is 12.5. The molecule has 0 fully saturated rings. The van der Waals surface area contributed by atoms with Crippen molar-refractivity contribution in [1.29, 1.82) is 0 Å². The molecule has 0 aromatic heterocycles. The molecule has 1 amide bonds. The second-order valence-corrected chi connectivity index (χ2v) is 3.35. The predicted octanol–water partition coefficient (Wildman–Crippen LogP) is -0.511. The van der Waals surface area contributed by atoms with Gasteiger partial charge < -0.3 is 16.8 Å². The molecule has 0 aliphatic carbocycles. The number of nitrogens with two attached hydrogens (primary N) is 2. The van der Waals surface area contributed by atoms with Crippen LogP contribution in [0.3, 0.4) is 0 Å². The van der Waals surface area contributed by atoms with E-state index in [0.717, 1.165) is 12.8 Å². The maximum absolute atomic E-state index is 11.2. The smallest absolute Gasteiger partial charge is 0.236 e. The fraction of sp³-hybridized carbons (Fsp3) is 0.875. The molecule has 0 spiro atoms. The summed E-state index contributed by atoms with van der Waals surface area (Å²) in [5.41, 5.74) is 10.9. The van der Waals surface area contributed by atoms with Gasteiger partial charge in [0.25, 0.3) is 0 Å². The van der Waals surface area contributed by atoms with Crippen molar-refractivity contribution in [2.24, 2.45) is 11.5 Å². The molecule has 0 saturated carbocycles. The minimum atomic E-state index is -0.397. The van der Waals surface area contributed by atoms with Crippen LogP contribution in [0, 0.1) is 0 Å². The Morgan fingerprint density at radius 2 is 2.15 bits per heavy atom. The zero-order valence-corrected chi connectivity index (χ0v) is 8.72. The Kier molecular flexibility index (Phi) is 8.18. The van der Waals surface area contributed by atoms with Crippen LogP contribution in [0.2, 0.25) is 0 Å². The van der Waals surface area contributed by atoms with Crippen molar-refractivity contribution >= 4 is 18.5 Å². The second-order valence-electron chi connectivity index (χ2n) is 2.91. The minimum absolute atomic E-state index is 0.0916. The molecule has 78 valence electrons. The first kappa shape index (κ1) is 12.7. The summed E-state index contributed by atoms with van der Waals surface area (Å²) in [6, 6.07) is -0.397. The number of rotatable bonds is 7. The Bertz CT molecular complexity index is 143. The molecule has 0 aliphatic heterocycles. The number of hydrogen-bond acceptors (Lipinski definition) is 4. The maximum atomic E-state index is 11.2. The van der Waals surface area contributed by atoms with Crippen LogP contribution in [0.25, 0.3) is 0 Å². The zero-order valence-electron chi connectivity index (χ0n) is 7.83. The number of nitrogens with one attached hydrogen (secondary N) is 1. The minimum Gasteiger partial charge on any atom is -0.354 e. The highest BCUT2D eigenvalue weighted by molar-refractivity contribution is 7.80. The standard InChI is InChI=1S/C8H19N3OS/c9-4-2-1-3-7(10)8(12)11-5-6-13/h7,13H,1-6,9-10H2,(H,11,12). The monoisotopic (exact) mass is 205 g/mol. The van der Waals surface area contributed by atoms with Gasteiger partial charge in [-0.15, -0.1) is 0 Å². The van der Waals surface area contributed by atoms with Gasteiger partial charge in [-0.3, -0.25) is 4.79 Å². The van der Waals surface area contributed by atoms with Gasteiger partial charge in [0.2, 0.25) is 5.91 Å². The van der Waals surface area contributed by atoms with E-state index in [1.54, 1.807) is 0 Å². The van der Waals surface area contributed by atoms with Crippen LogP contribution < -0.4 is 16.8 Å². The number of thiol groups is 1. The molecule has 0 saturated heterocycles. The van der Waals surface area contributed by atoms with E-state index >= 15 is 0 Å². The number of amides is 1. The van der Waals surface area contributed by atoms with Gasteiger partial charge in [-0.2, -0.15) is 12.6 Å². The van der Waals surface area contributed by atoms with Crippen molar-refractivity contribution in [3.8, 4) is 0 Å². The van der Waals surface area contributed by atoms with Gasteiger partial charge in [-0.05, 0) is 19.4 Å². The first-order valence-corrected chi connectivity index (χ1v) is 5.19. The molecule has 0 aromatic carbocycles. The summed E-state index contributed by atoms with van der Waals surface area (Å²) in [5.74, 6) is 0.549. The topological polar surface area (TPSA) is 81.1 Å². The van der Waals surface area contributed by atoms with Crippen LogP contribution in [0.4, 0.5) is 0 Å². The van der Waals surface area contributed by atoms with Crippen molar-refractivity contribution in [3.05, 3.63) is 0 Å². The fourth-order valence-electron chi connectivity index (χ4n) is 0.950. The fourth-order valence-corrected chi connectivity index (χ4v) is 1.06. The van der Waals surface area contributed by atoms with Gasteiger partial charge in [-0.1, -0.05) is 6.42 Å². The molecular weight excluding hydrogens is 186 g/mol. The summed E-state index contributed by atoms with van der Waals surface area (Å²) in [5, 5.41) is 2.69. The Labute approximate surface area is 84.8 Å². The molecular formula is C8H19N3OS. The van der Waals surface area contributed by atoms with Crippen molar-refractivity contribution < 1.29 is 4.79 Å². The van der Waals surface area contributed by atoms with Crippen LogP contribution in [-0.4, -0.2) is 30.8 Å². The molecule has 0 radical (unpaired) electrons. The molecule has 4 nitrogen and oxygen atoms in total. The molecule has 0 bridgehead atoms. The third-order valence-electron chi connectivity index (χ3n) is 1.72. The lowest BCUT2D eigenvalue weighted by molar-refractivity contribution is -0.122. The highest BCUT2D eigenvalue weighted by atomic mass is 32.1. The Morgan fingerprint density at radius 1 is 1.46 bits per heavy atom. The van der Waals surface area contributed by atoms with E-state index in [2.05, 4.69) is 17.9 Å². The van der Waals surface area contributed by atoms with E-state index in [4.69, 9.17) is 11.5 Å². The van der Waals surface area contributed by atoms with E-state index in [1.807, 2.05) is 0 Å². The lowest BCUT2D eigenvalue weighted by atomic mass is 10.1. The predicted molar refractivity (Wildman–Crippen MR) is 57.7 cm³/mol. The number of unbranched alkanes of at least 4 members (excludes halogenated alkanes) is 1. The summed E-state index contributed by atoms with van der Waals surface area (Å²) in [4.78, 5) is 11.2. The molecule has 1 atom stereocenters. The van der Waals surface area contributed by atoms with Crippen LogP contribution in [-0.2, 0) is 4.79 Å². The lowest BCUT2D eigenvalue weighted by Gasteiger charge is -2.10. The van der Waals surface area contributed by atoms with Crippen molar-refractivity contribution in [1.82, 2.24) is 5.32 Å². The maximum Gasteiger partial charge on any atom is 0.236 e. The summed E-state index contributed by atoms with van der Waals surface area (Å²) >= 11 is 3.98. The van der Waals surface area contributed by atoms with Gasteiger partial charge in [0.05, 0.1) is 6.04 Å².